The number of hydrogen-bond donors (Lipinski definition) is 1. The van der Waals surface area contributed by atoms with Crippen LogP contribution in [0.5, 0.6) is 5.88 Å². The van der Waals surface area contributed by atoms with Crippen LogP contribution in [0.25, 0.3) is 0 Å². The van der Waals surface area contributed by atoms with Crippen LogP contribution in [0.15, 0.2) is 18.2 Å². The summed E-state index contributed by atoms with van der Waals surface area (Å²) in [5, 5.41) is 3.45. The van der Waals surface area contributed by atoms with E-state index >= 15 is 0 Å². The van der Waals surface area contributed by atoms with Gasteiger partial charge >= 0.3 is 0 Å². The van der Waals surface area contributed by atoms with Gasteiger partial charge in [-0.05, 0) is 38.2 Å². The summed E-state index contributed by atoms with van der Waals surface area (Å²) in [5.41, 5.74) is 0.462. The number of nitrogens with one attached hydrogen (secondary N) is 1. The van der Waals surface area contributed by atoms with Crippen LogP contribution in [-0.4, -0.2) is 17.6 Å². The first-order valence-electron chi connectivity index (χ1n) is 6.00. The average Bonchev–Trinajstić information content (AvgIpc) is 2.99. The third kappa shape index (κ3) is 2.46. The van der Waals surface area contributed by atoms with Crippen molar-refractivity contribution in [1.82, 2.24) is 4.98 Å². The van der Waals surface area contributed by atoms with E-state index in [4.69, 9.17) is 4.74 Å². The Balaban J connectivity index is 2.00. The molecular formula is C13H20N2O. The monoisotopic (exact) mass is 220 g/mol. The van der Waals surface area contributed by atoms with E-state index in [2.05, 4.69) is 24.1 Å². The van der Waals surface area contributed by atoms with E-state index in [1.54, 1.807) is 0 Å². The van der Waals surface area contributed by atoms with E-state index < -0.39 is 0 Å². The number of nitrogens with zero attached hydrogens (tertiary/aromatic N) is 1. The topological polar surface area (TPSA) is 34.1 Å². The second-order valence-electron chi connectivity index (χ2n) is 4.81. The summed E-state index contributed by atoms with van der Waals surface area (Å²) in [5.74, 6) is 1.60. The molecule has 2 rings (SSSR count). The van der Waals surface area contributed by atoms with Crippen molar-refractivity contribution in [2.75, 3.05) is 11.9 Å². The van der Waals surface area contributed by atoms with Gasteiger partial charge in [0.2, 0.25) is 5.88 Å². The van der Waals surface area contributed by atoms with Gasteiger partial charge in [0.25, 0.3) is 0 Å². The normalized spacial score (nSPS) is 18.9. The second-order valence-corrected chi connectivity index (χ2v) is 4.81. The first-order chi connectivity index (χ1) is 7.64. The largest absolute Gasteiger partial charge is 0.478 e. The van der Waals surface area contributed by atoms with E-state index in [1.807, 2.05) is 25.1 Å². The zero-order valence-electron chi connectivity index (χ0n) is 10.3. The maximum Gasteiger partial charge on any atom is 0.215 e. The van der Waals surface area contributed by atoms with Crippen molar-refractivity contribution in [3.63, 3.8) is 0 Å². The molecule has 1 atom stereocenters. The Kier molecular flexibility index (Phi) is 3.03. The standard InChI is InChI=1S/C13H20N2O/c1-4-16-12-7-5-6-11(15-12)14-10(2)13(3)8-9-13/h5-7,10H,4,8-9H2,1-3H3,(H,14,15). The van der Waals surface area contributed by atoms with Crippen molar-refractivity contribution >= 4 is 5.82 Å². The fraction of sp³-hybridized carbons (Fsp3) is 0.615. The van der Waals surface area contributed by atoms with E-state index in [1.165, 1.54) is 12.8 Å². The fourth-order valence-electron chi connectivity index (χ4n) is 1.75. The Morgan fingerprint density at radius 3 is 2.88 bits per heavy atom. The molecule has 1 aliphatic carbocycles. The van der Waals surface area contributed by atoms with E-state index in [0.29, 0.717) is 23.9 Å². The summed E-state index contributed by atoms with van der Waals surface area (Å²) in [6, 6.07) is 6.32. The van der Waals surface area contributed by atoms with Crippen molar-refractivity contribution in [2.45, 2.75) is 39.7 Å². The molecule has 0 aliphatic heterocycles. The summed E-state index contributed by atoms with van der Waals surface area (Å²) in [6.07, 6.45) is 2.62. The van der Waals surface area contributed by atoms with Crippen LogP contribution in [-0.2, 0) is 0 Å². The summed E-state index contributed by atoms with van der Waals surface area (Å²) in [7, 11) is 0. The molecule has 1 unspecified atom stereocenters. The van der Waals surface area contributed by atoms with Crippen LogP contribution < -0.4 is 10.1 Å². The molecule has 0 spiro atoms. The molecular weight excluding hydrogens is 200 g/mol. The number of anilines is 1. The summed E-state index contributed by atoms with van der Waals surface area (Å²) >= 11 is 0. The molecule has 1 fully saturated rings. The number of pyridine rings is 1. The van der Waals surface area contributed by atoms with Crippen molar-refractivity contribution in [2.24, 2.45) is 5.41 Å². The minimum absolute atomic E-state index is 0.462. The molecule has 1 saturated carbocycles. The van der Waals surface area contributed by atoms with Gasteiger partial charge in [0.1, 0.15) is 5.82 Å². The molecule has 1 N–H and O–H groups in total. The van der Waals surface area contributed by atoms with Crippen LogP contribution in [0.3, 0.4) is 0 Å². The average molecular weight is 220 g/mol. The number of hydrogen-bond acceptors (Lipinski definition) is 3. The predicted molar refractivity (Wildman–Crippen MR) is 65.8 cm³/mol. The van der Waals surface area contributed by atoms with Gasteiger partial charge in [-0.15, -0.1) is 0 Å². The van der Waals surface area contributed by atoms with Gasteiger partial charge in [-0.1, -0.05) is 13.0 Å². The molecule has 0 radical (unpaired) electrons. The van der Waals surface area contributed by atoms with Crippen LogP contribution in [0, 0.1) is 5.41 Å². The molecule has 0 aromatic carbocycles. The van der Waals surface area contributed by atoms with Crippen LogP contribution in [0.4, 0.5) is 5.82 Å². The van der Waals surface area contributed by atoms with Crippen molar-refractivity contribution in [1.29, 1.82) is 0 Å². The summed E-state index contributed by atoms with van der Waals surface area (Å²) in [4.78, 5) is 4.41. The molecule has 3 heteroatoms. The Morgan fingerprint density at radius 2 is 2.25 bits per heavy atom. The number of ether oxygens (including phenoxy) is 1. The lowest BCUT2D eigenvalue weighted by Crippen LogP contribution is -2.25. The van der Waals surface area contributed by atoms with Gasteiger partial charge < -0.3 is 10.1 Å². The molecule has 1 aliphatic rings. The third-order valence-electron chi connectivity index (χ3n) is 3.46. The molecule has 1 aromatic rings. The lowest BCUT2D eigenvalue weighted by atomic mass is 10.0. The minimum atomic E-state index is 0.462. The smallest absolute Gasteiger partial charge is 0.215 e. The van der Waals surface area contributed by atoms with Gasteiger partial charge in [0.15, 0.2) is 0 Å². The first kappa shape index (κ1) is 11.2. The highest BCUT2D eigenvalue weighted by Crippen LogP contribution is 2.48. The zero-order valence-corrected chi connectivity index (χ0v) is 10.3. The molecule has 1 aromatic heterocycles. The summed E-state index contributed by atoms with van der Waals surface area (Å²) < 4.78 is 5.38. The first-order valence-corrected chi connectivity index (χ1v) is 6.00. The highest BCUT2D eigenvalue weighted by Gasteiger charge is 2.42. The molecule has 0 bridgehead atoms. The Labute approximate surface area is 97.2 Å². The molecule has 1 heterocycles. The Morgan fingerprint density at radius 1 is 1.50 bits per heavy atom. The minimum Gasteiger partial charge on any atom is -0.478 e. The van der Waals surface area contributed by atoms with Gasteiger partial charge in [-0.25, -0.2) is 0 Å². The molecule has 16 heavy (non-hydrogen) atoms. The number of aromatic nitrogens is 1. The highest BCUT2D eigenvalue weighted by atomic mass is 16.5. The van der Waals surface area contributed by atoms with Gasteiger partial charge in [-0.3, -0.25) is 0 Å². The van der Waals surface area contributed by atoms with Gasteiger partial charge in [0, 0.05) is 12.1 Å². The van der Waals surface area contributed by atoms with E-state index in [9.17, 15) is 0 Å². The zero-order chi connectivity index (χ0) is 11.6. The van der Waals surface area contributed by atoms with Crippen LogP contribution >= 0.6 is 0 Å². The SMILES string of the molecule is CCOc1cccc(NC(C)C2(C)CC2)n1. The third-order valence-corrected chi connectivity index (χ3v) is 3.46. The highest BCUT2D eigenvalue weighted by molar-refractivity contribution is 5.39. The molecule has 88 valence electrons. The van der Waals surface area contributed by atoms with Gasteiger partial charge in [-0.2, -0.15) is 4.98 Å². The lowest BCUT2D eigenvalue weighted by Gasteiger charge is -2.21. The van der Waals surface area contributed by atoms with E-state index in [0.717, 1.165) is 5.82 Å². The summed E-state index contributed by atoms with van der Waals surface area (Å²) in [6.45, 7) is 7.17. The quantitative estimate of drug-likeness (QED) is 0.828. The number of rotatable bonds is 5. The molecule has 3 nitrogen and oxygen atoms in total. The lowest BCUT2D eigenvalue weighted by molar-refractivity contribution is 0.327. The fourth-order valence-corrected chi connectivity index (χ4v) is 1.75. The van der Waals surface area contributed by atoms with Crippen LogP contribution in [0.2, 0.25) is 0 Å². The van der Waals surface area contributed by atoms with Crippen LogP contribution in [0.1, 0.15) is 33.6 Å². The van der Waals surface area contributed by atoms with Gasteiger partial charge in [0.05, 0.1) is 6.61 Å². The van der Waals surface area contributed by atoms with E-state index in [-0.39, 0.29) is 0 Å². The maximum absolute atomic E-state index is 5.38. The molecule has 0 amide bonds. The predicted octanol–water partition coefficient (Wildman–Crippen LogP) is 3.08. The Hall–Kier alpha value is -1.25. The molecule has 0 saturated heterocycles. The second kappa shape index (κ2) is 4.32. The maximum atomic E-state index is 5.38. The van der Waals surface area contributed by atoms with Crippen molar-refractivity contribution in [3.05, 3.63) is 18.2 Å². The van der Waals surface area contributed by atoms with Crippen molar-refractivity contribution < 1.29 is 4.74 Å². The van der Waals surface area contributed by atoms with Crippen molar-refractivity contribution in [3.8, 4) is 5.88 Å². The Bertz CT molecular complexity index is 361.